The van der Waals surface area contributed by atoms with Crippen LogP contribution in [0.2, 0.25) is 0 Å². The minimum Gasteiger partial charge on any atom is -0.450 e. The maximum atomic E-state index is 13.4. The zero-order valence-corrected chi connectivity index (χ0v) is 23.8. The lowest BCUT2D eigenvalue weighted by Crippen LogP contribution is -2.44. The summed E-state index contributed by atoms with van der Waals surface area (Å²) in [6.07, 6.45) is 0. The summed E-state index contributed by atoms with van der Waals surface area (Å²) >= 11 is 0. The number of nitrogens with two attached hydrogens (primary N) is 1. The molecule has 13 nitrogen and oxygen atoms in total. The molecule has 2 heterocycles. The number of nitrogen functional groups attached to an aromatic ring is 1. The quantitative estimate of drug-likeness (QED) is 0.218. The number of hydrogen-bond acceptors (Lipinski definition) is 9. The number of carbonyl (C=O) groups is 2. The van der Waals surface area contributed by atoms with Crippen LogP contribution in [-0.2, 0) is 20.8 Å². The fraction of sp³-hybridized carbons (Fsp3) is 0.161. The van der Waals surface area contributed by atoms with E-state index >= 15 is 0 Å². The van der Waals surface area contributed by atoms with Crippen LogP contribution in [0, 0.1) is 0 Å². The van der Waals surface area contributed by atoms with E-state index in [0.29, 0.717) is 17.1 Å². The summed E-state index contributed by atoms with van der Waals surface area (Å²) in [5.74, 6) is -1.82. The number of aromatic amines is 1. The first-order valence-electron chi connectivity index (χ1n) is 13.6. The van der Waals surface area contributed by atoms with Crippen LogP contribution in [-0.4, -0.2) is 63.1 Å². The Morgan fingerprint density at radius 1 is 0.932 bits per heavy atom. The largest absolute Gasteiger partial charge is 0.450 e. The third kappa shape index (κ3) is 6.47. The van der Waals surface area contributed by atoms with Gasteiger partial charge in [-0.25, -0.2) is 19.3 Å². The molecule has 0 fully saturated rings. The van der Waals surface area contributed by atoms with Gasteiger partial charge in [-0.3, -0.25) is 24.0 Å². The van der Waals surface area contributed by atoms with E-state index < -0.39 is 29.7 Å². The number of anilines is 2. The first kappa shape index (κ1) is 29.7. The average molecular weight is 596 g/mol. The lowest BCUT2D eigenvalue weighted by Gasteiger charge is -2.24. The molecule has 224 valence electrons. The molecule has 0 aliphatic rings. The highest BCUT2D eigenvalue weighted by atomic mass is 16.5. The second kappa shape index (κ2) is 13.4. The normalized spacial score (nSPS) is 10.8. The third-order valence-corrected chi connectivity index (χ3v) is 6.64. The second-order valence-corrected chi connectivity index (χ2v) is 9.55. The number of benzene rings is 3. The predicted molar refractivity (Wildman–Crippen MR) is 163 cm³/mol. The number of nitrogens with zero attached hydrogens (tertiary/aromatic N) is 5. The molecule has 0 radical (unpaired) electrons. The van der Waals surface area contributed by atoms with Crippen LogP contribution >= 0.6 is 0 Å². The minimum absolute atomic E-state index is 0.0276. The van der Waals surface area contributed by atoms with Gasteiger partial charge in [0.05, 0.1) is 18.8 Å². The molecule has 0 saturated heterocycles. The molecule has 5 aromatic rings. The summed E-state index contributed by atoms with van der Waals surface area (Å²) in [5, 5.41) is 4.35. The van der Waals surface area contributed by atoms with Crippen molar-refractivity contribution in [3.8, 4) is 17.1 Å². The van der Waals surface area contributed by atoms with E-state index in [2.05, 4.69) is 15.1 Å². The van der Waals surface area contributed by atoms with Gasteiger partial charge in [0.1, 0.15) is 5.82 Å². The van der Waals surface area contributed by atoms with E-state index in [1.54, 1.807) is 24.3 Å². The summed E-state index contributed by atoms with van der Waals surface area (Å²) in [5.41, 5.74) is 6.55. The van der Waals surface area contributed by atoms with E-state index in [9.17, 15) is 19.2 Å². The van der Waals surface area contributed by atoms with Crippen LogP contribution in [0.25, 0.3) is 17.1 Å². The fourth-order valence-corrected chi connectivity index (χ4v) is 4.50. The van der Waals surface area contributed by atoms with Crippen molar-refractivity contribution in [1.29, 1.82) is 0 Å². The lowest BCUT2D eigenvalue weighted by molar-refractivity contribution is -0.121. The topological polar surface area (TPSA) is 167 Å². The molecule has 0 spiro atoms. The average Bonchev–Trinajstić information content (AvgIpc) is 3.50. The van der Waals surface area contributed by atoms with Crippen LogP contribution in [0.5, 0.6) is 0 Å². The van der Waals surface area contributed by atoms with Gasteiger partial charge < -0.3 is 15.2 Å². The summed E-state index contributed by atoms with van der Waals surface area (Å²) in [6, 6.07) is 27.3. The summed E-state index contributed by atoms with van der Waals surface area (Å²) in [6.45, 7) is -0.793. The predicted octanol–water partition coefficient (Wildman–Crippen LogP) is 2.25. The Hall–Kier alpha value is -5.82. The smallest absolute Gasteiger partial charge is 0.378 e. The fourth-order valence-electron chi connectivity index (χ4n) is 4.50. The maximum Gasteiger partial charge on any atom is 0.378 e. The molecule has 0 aliphatic carbocycles. The number of para-hydroxylation sites is 1. The van der Waals surface area contributed by atoms with Gasteiger partial charge in [0, 0.05) is 19.2 Å². The highest BCUT2D eigenvalue weighted by Crippen LogP contribution is 2.22. The summed E-state index contributed by atoms with van der Waals surface area (Å²) in [4.78, 5) is 59.7. The molecule has 0 atom stereocenters. The van der Waals surface area contributed by atoms with E-state index in [1.807, 2.05) is 66.7 Å². The third-order valence-electron chi connectivity index (χ3n) is 6.64. The van der Waals surface area contributed by atoms with Crippen molar-refractivity contribution < 1.29 is 19.1 Å². The number of amides is 1. The van der Waals surface area contributed by atoms with Crippen molar-refractivity contribution in [1.82, 2.24) is 24.3 Å². The molecule has 0 bridgehead atoms. The van der Waals surface area contributed by atoms with Crippen molar-refractivity contribution in [2.75, 3.05) is 37.5 Å². The number of hydrogen-bond donors (Lipinski definition) is 2. The van der Waals surface area contributed by atoms with Crippen LogP contribution in [0.4, 0.5) is 11.5 Å². The van der Waals surface area contributed by atoms with Crippen molar-refractivity contribution >= 4 is 23.4 Å². The molecule has 3 aromatic carbocycles. The summed E-state index contributed by atoms with van der Waals surface area (Å²) < 4.78 is 13.1. The molecular formula is C31H29N7O6. The van der Waals surface area contributed by atoms with Gasteiger partial charge in [-0.2, -0.15) is 0 Å². The van der Waals surface area contributed by atoms with Gasteiger partial charge in [0.2, 0.25) is 0 Å². The van der Waals surface area contributed by atoms with Crippen molar-refractivity contribution in [3.63, 3.8) is 0 Å². The number of H-pyrrole nitrogens is 1. The van der Waals surface area contributed by atoms with Crippen molar-refractivity contribution in [2.24, 2.45) is 0 Å². The Morgan fingerprint density at radius 2 is 1.57 bits per heavy atom. The molecule has 0 unspecified atom stereocenters. The molecule has 0 aliphatic heterocycles. The number of rotatable bonds is 11. The Morgan fingerprint density at radius 3 is 2.23 bits per heavy atom. The highest BCUT2D eigenvalue weighted by Gasteiger charge is 2.27. The molecule has 1 amide bonds. The molecule has 3 N–H and O–H groups in total. The monoisotopic (exact) mass is 595 g/mol. The number of nitrogens with one attached hydrogen (secondary N) is 1. The van der Waals surface area contributed by atoms with Crippen LogP contribution in [0.3, 0.4) is 0 Å². The van der Waals surface area contributed by atoms with Crippen LogP contribution < -0.4 is 21.9 Å². The number of aromatic nitrogens is 5. The first-order chi connectivity index (χ1) is 21.4. The zero-order valence-electron chi connectivity index (χ0n) is 23.8. The van der Waals surface area contributed by atoms with E-state index in [0.717, 1.165) is 15.0 Å². The number of carbonyl (C=O) groups excluding carboxylic acids is 2. The molecule has 0 saturated carbocycles. The standard InChI is InChI=1S/C31H29N7O6/c1-43-18-17-36(25-26(32)37(31(42)34-29(25)40)19-21-11-5-2-6-12-21)24(39)20-44-30(41)27-33-28(22-13-7-3-8-14-22)38(35-27)23-15-9-4-10-16-23/h2-16H,17-20,32H2,1H3,(H,34,40,42). The van der Waals surface area contributed by atoms with Gasteiger partial charge in [-0.1, -0.05) is 78.9 Å². The van der Waals surface area contributed by atoms with Crippen molar-refractivity contribution in [3.05, 3.63) is 123 Å². The van der Waals surface area contributed by atoms with Crippen LogP contribution in [0.15, 0.2) is 101 Å². The van der Waals surface area contributed by atoms with Gasteiger partial charge >= 0.3 is 11.7 Å². The minimum atomic E-state index is -0.951. The highest BCUT2D eigenvalue weighted by molar-refractivity contribution is 5.98. The Kier molecular flexibility index (Phi) is 9.06. The summed E-state index contributed by atoms with van der Waals surface area (Å²) in [7, 11) is 1.42. The van der Waals surface area contributed by atoms with E-state index in [1.165, 1.54) is 11.8 Å². The van der Waals surface area contributed by atoms with E-state index in [-0.39, 0.29) is 37.0 Å². The zero-order chi connectivity index (χ0) is 31.1. The van der Waals surface area contributed by atoms with Crippen molar-refractivity contribution in [2.45, 2.75) is 6.54 Å². The Balaban J connectivity index is 1.41. The van der Waals surface area contributed by atoms with E-state index in [4.69, 9.17) is 15.2 Å². The first-order valence-corrected chi connectivity index (χ1v) is 13.6. The molecule has 5 rings (SSSR count). The number of methoxy groups -OCH3 is 1. The molecule has 13 heteroatoms. The van der Waals surface area contributed by atoms with Gasteiger partial charge in [-0.05, 0) is 17.7 Å². The maximum absolute atomic E-state index is 13.4. The Bertz CT molecular complexity index is 1810. The number of ether oxygens (including phenoxy) is 2. The van der Waals surface area contributed by atoms with Gasteiger partial charge in [0.25, 0.3) is 17.3 Å². The SMILES string of the molecule is COCCN(C(=O)COC(=O)c1nc(-c2ccccc2)n(-c2ccccc2)n1)c1c(N)n(Cc2ccccc2)c(=O)[nH]c1=O. The molecule has 44 heavy (non-hydrogen) atoms. The van der Waals surface area contributed by atoms with Crippen LogP contribution in [0.1, 0.15) is 16.2 Å². The lowest BCUT2D eigenvalue weighted by atomic mass is 10.2. The Labute approximate surface area is 251 Å². The second-order valence-electron chi connectivity index (χ2n) is 9.55. The van der Waals surface area contributed by atoms with Gasteiger partial charge in [-0.15, -0.1) is 5.10 Å². The molecular weight excluding hydrogens is 566 g/mol. The van der Waals surface area contributed by atoms with Gasteiger partial charge in [0.15, 0.2) is 18.1 Å². The molecule has 2 aromatic heterocycles. The number of esters is 1.